The van der Waals surface area contributed by atoms with Gasteiger partial charge >= 0.3 is 0 Å². The Morgan fingerprint density at radius 2 is 1.83 bits per heavy atom. The molecule has 1 amide bonds. The van der Waals surface area contributed by atoms with Crippen LogP contribution in [0.2, 0.25) is 10.0 Å². The molecule has 0 spiro atoms. The summed E-state index contributed by atoms with van der Waals surface area (Å²) < 4.78 is 0. The Hall–Kier alpha value is -1.24. The fourth-order valence-corrected chi connectivity index (χ4v) is 2.81. The van der Waals surface area contributed by atoms with Crippen LogP contribution in [0, 0.1) is 11.3 Å². The molecular weight excluding hydrogens is 271 g/mol. The lowest BCUT2D eigenvalue weighted by Crippen LogP contribution is -2.45. The summed E-state index contributed by atoms with van der Waals surface area (Å²) in [5.41, 5.74) is -0.526. The summed E-state index contributed by atoms with van der Waals surface area (Å²) in [6, 6.07) is 7.09. The van der Waals surface area contributed by atoms with Crippen molar-refractivity contribution >= 4 is 29.1 Å². The lowest BCUT2D eigenvalue weighted by molar-refractivity contribution is 0.0921. The van der Waals surface area contributed by atoms with Crippen LogP contribution in [-0.2, 0) is 0 Å². The minimum atomic E-state index is -0.764. The Balaban J connectivity index is 2.25. The largest absolute Gasteiger partial charge is 0.334 e. The van der Waals surface area contributed by atoms with Crippen LogP contribution in [0.4, 0.5) is 0 Å². The van der Waals surface area contributed by atoms with E-state index in [0.29, 0.717) is 22.9 Å². The van der Waals surface area contributed by atoms with Gasteiger partial charge in [0.15, 0.2) is 0 Å². The predicted octanol–water partition coefficient (Wildman–Crippen LogP) is 3.56. The molecule has 0 radical (unpaired) electrons. The minimum absolute atomic E-state index is 0.238. The van der Waals surface area contributed by atoms with Gasteiger partial charge in [-0.05, 0) is 37.8 Å². The smallest absolute Gasteiger partial charge is 0.255 e. The second-order valence-electron chi connectivity index (χ2n) is 4.45. The van der Waals surface area contributed by atoms with Crippen LogP contribution in [-0.4, -0.2) is 11.4 Å². The van der Waals surface area contributed by atoms with Crippen molar-refractivity contribution in [1.82, 2.24) is 5.32 Å². The number of halogens is 2. The zero-order chi connectivity index (χ0) is 13.2. The van der Waals surface area contributed by atoms with Gasteiger partial charge in [-0.2, -0.15) is 5.26 Å². The molecule has 1 aromatic carbocycles. The van der Waals surface area contributed by atoms with E-state index in [2.05, 4.69) is 11.4 Å². The molecule has 3 nitrogen and oxygen atoms in total. The number of nitrogens with zero attached hydrogens (tertiary/aromatic N) is 1. The van der Waals surface area contributed by atoms with E-state index < -0.39 is 5.54 Å². The van der Waals surface area contributed by atoms with Gasteiger partial charge in [-0.1, -0.05) is 29.3 Å². The Labute approximate surface area is 116 Å². The molecule has 0 saturated heterocycles. The summed E-state index contributed by atoms with van der Waals surface area (Å²) in [4.78, 5) is 12.2. The maximum atomic E-state index is 12.2. The van der Waals surface area contributed by atoms with Crippen LogP contribution in [0.5, 0.6) is 0 Å². The lowest BCUT2D eigenvalue weighted by Gasteiger charge is -2.22. The molecule has 94 valence electrons. The SMILES string of the molecule is N#CC1(NC(=O)c2c(Cl)cccc2Cl)CCCC1. The van der Waals surface area contributed by atoms with Crippen LogP contribution in [0.1, 0.15) is 36.0 Å². The quantitative estimate of drug-likeness (QED) is 0.902. The number of amides is 1. The highest BCUT2D eigenvalue weighted by Crippen LogP contribution is 2.31. The van der Waals surface area contributed by atoms with Gasteiger partial charge in [0, 0.05) is 0 Å². The molecule has 1 aromatic rings. The van der Waals surface area contributed by atoms with Crippen molar-refractivity contribution < 1.29 is 4.79 Å². The van der Waals surface area contributed by atoms with Crippen LogP contribution < -0.4 is 5.32 Å². The van der Waals surface area contributed by atoms with E-state index in [1.807, 2.05) is 0 Å². The maximum Gasteiger partial charge on any atom is 0.255 e. The minimum Gasteiger partial charge on any atom is -0.334 e. The zero-order valence-electron chi connectivity index (χ0n) is 9.67. The molecule has 2 rings (SSSR count). The highest BCUT2D eigenvalue weighted by molar-refractivity contribution is 6.39. The topological polar surface area (TPSA) is 52.9 Å². The second-order valence-corrected chi connectivity index (χ2v) is 5.27. The predicted molar refractivity (Wildman–Crippen MR) is 70.7 cm³/mol. The lowest BCUT2D eigenvalue weighted by atomic mass is 9.99. The molecule has 1 saturated carbocycles. The Kier molecular flexibility index (Phi) is 3.79. The highest BCUT2D eigenvalue weighted by atomic mass is 35.5. The third-order valence-corrected chi connectivity index (χ3v) is 3.84. The number of hydrogen-bond donors (Lipinski definition) is 1. The van der Waals surface area contributed by atoms with Crippen molar-refractivity contribution in [3.8, 4) is 6.07 Å². The van der Waals surface area contributed by atoms with E-state index in [9.17, 15) is 10.1 Å². The number of rotatable bonds is 2. The van der Waals surface area contributed by atoms with E-state index in [0.717, 1.165) is 12.8 Å². The van der Waals surface area contributed by atoms with Crippen molar-refractivity contribution in [2.45, 2.75) is 31.2 Å². The third-order valence-electron chi connectivity index (χ3n) is 3.21. The summed E-state index contributed by atoms with van der Waals surface area (Å²) in [7, 11) is 0. The number of carbonyl (C=O) groups excluding carboxylic acids is 1. The first-order chi connectivity index (χ1) is 8.58. The van der Waals surface area contributed by atoms with E-state index in [-0.39, 0.29) is 11.5 Å². The number of hydrogen-bond acceptors (Lipinski definition) is 2. The molecule has 1 aliphatic carbocycles. The number of nitriles is 1. The molecule has 18 heavy (non-hydrogen) atoms. The van der Waals surface area contributed by atoms with Crippen molar-refractivity contribution in [2.75, 3.05) is 0 Å². The monoisotopic (exact) mass is 282 g/mol. The van der Waals surface area contributed by atoms with E-state index in [1.165, 1.54) is 0 Å². The highest BCUT2D eigenvalue weighted by Gasteiger charge is 2.36. The first-order valence-electron chi connectivity index (χ1n) is 5.76. The van der Waals surface area contributed by atoms with Crippen molar-refractivity contribution in [2.24, 2.45) is 0 Å². The Morgan fingerprint density at radius 3 is 2.33 bits per heavy atom. The normalized spacial score (nSPS) is 17.2. The van der Waals surface area contributed by atoms with Crippen LogP contribution in [0.3, 0.4) is 0 Å². The van der Waals surface area contributed by atoms with Gasteiger partial charge in [0.1, 0.15) is 5.54 Å². The maximum absolute atomic E-state index is 12.2. The molecule has 1 fully saturated rings. The second kappa shape index (κ2) is 5.17. The first kappa shape index (κ1) is 13.2. The Bertz CT molecular complexity index is 496. The van der Waals surface area contributed by atoms with Crippen LogP contribution in [0.25, 0.3) is 0 Å². The molecule has 0 unspecified atom stereocenters. The van der Waals surface area contributed by atoms with E-state index >= 15 is 0 Å². The zero-order valence-corrected chi connectivity index (χ0v) is 11.2. The molecule has 1 N–H and O–H groups in total. The van der Waals surface area contributed by atoms with Gasteiger partial charge in [-0.3, -0.25) is 4.79 Å². The molecular formula is C13H12Cl2N2O. The van der Waals surface area contributed by atoms with Crippen molar-refractivity contribution in [3.63, 3.8) is 0 Å². The molecule has 1 aliphatic rings. The number of benzene rings is 1. The fraction of sp³-hybridized carbons (Fsp3) is 0.385. The van der Waals surface area contributed by atoms with Gasteiger partial charge in [0.25, 0.3) is 5.91 Å². The fourth-order valence-electron chi connectivity index (χ4n) is 2.24. The summed E-state index contributed by atoms with van der Waals surface area (Å²) >= 11 is 11.9. The number of carbonyl (C=O) groups is 1. The molecule has 5 heteroatoms. The van der Waals surface area contributed by atoms with Crippen LogP contribution in [0.15, 0.2) is 18.2 Å². The molecule has 0 aromatic heterocycles. The summed E-state index contributed by atoms with van der Waals surface area (Å²) in [6.45, 7) is 0. The first-order valence-corrected chi connectivity index (χ1v) is 6.51. The molecule has 0 aliphatic heterocycles. The average molecular weight is 283 g/mol. The van der Waals surface area contributed by atoms with Gasteiger partial charge in [0.2, 0.25) is 0 Å². The summed E-state index contributed by atoms with van der Waals surface area (Å²) in [6.07, 6.45) is 3.25. The van der Waals surface area contributed by atoms with Gasteiger partial charge in [-0.15, -0.1) is 0 Å². The van der Waals surface area contributed by atoms with Crippen LogP contribution >= 0.6 is 23.2 Å². The number of nitrogens with one attached hydrogen (secondary N) is 1. The molecule has 0 heterocycles. The van der Waals surface area contributed by atoms with Gasteiger partial charge in [-0.25, -0.2) is 0 Å². The van der Waals surface area contributed by atoms with Crippen molar-refractivity contribution in [1.29, 1.82) is 5.26 Å². The molecule has 0 atom stereocenters. The molecule has 0 bridgehead atoms. The third kappa shape index (κ3) is 2.45. The average Bonchev–Trinajstić information content (AvgIpc) is 2.78. The van der Waals surface area contributed by atoms with E-state index in [1.54, 1.807) is 18.2 Å². The standard InChI is InChI=1S/C13H12Cl2N2O/c14-9-4-3-5-10(15)11(9)12(18)17-13(8-16)6-1-2-7-13/h3-5H,1-2,6-7H2,(H,17,18). The van der Waals surface area contributed by atoms with E-state index in [4.69, 9.17) is 23.2 Å². The van der Waals surface area contributed by atoms with Gasteiger partial charge in [0.05, 0.1) is 21.7 Å². The summed E-state index contributed by atoms with van der Waals surface area (Å²) in [5, 5.41) is 12.6. The Morgan fingerprint density at radius 1 is 1.28 bits per heavy atom. The van der Waals surface area contributed by atoms with Crippen molar-refractivity contribution in [3.05, 3.63) is 33.8 Å². The summed E-state index contributed by atoms with van der Waals surface area (Å²) in [5.74, 6) is -0.381. The van der Waals surface area contributed by atoms with Gasteiger partial charge < -0.3 is 5.32 Å².